The van der Waals surface area contributed by atoms with Crippen LogP contribution in [-0.2, 0) is 0 Å². The van der Waals surface area contributed by atoms with E-state index in [9.17, 15) is 10.1 Å². The van der Waals surface area contributed by atoms with Gasteiger partial charge in [0.05, 0.1) is 36.2 Å². The summed E-state index contributed by atoms with van der Waals surface area (Å²) in [5.41, 5.74) is 1.54. The molecule has 0 radical (unpaired) electrons. The number of rotatable bonds is 6. The Hall–Kier alpha value is -3.33. The number of benzene rings is 1. The highest BCUT2D eigenvalue weighted by Gasteiger charge is 2.19. The maximum Gasteiger partial charge on any atom is 0.335 e. The Bertz CT molecular complexity index is 909. The SMILES string of the molecule is COc1cnc(C(C#N)=Cc2cccc(C(=O)O)c2)cc1OC1CCCC1. The van der Waals surface area contributed by atoms with E-state index < -0.39 is 5.97 Å². The molecule has 6 heteroatoms. The van der Waals surface area contributed by atoms with Crippen molar-refractivity contribution in [2.24, 2.45) is 0 Å². The van der Waals surface area contributed by atoms with Crippen molar-refractivity contribution in [2.75, 3.05) is 7.11 Å². The van der Waals surface area contributed by atoms with Crippen LogP contribution in [-0.4, -0.2) is 29.3 Å². The van der Waals surface area contributed by atoms with Gasteiger partial charge in [-0.15, -0.1) is 0 Å². The molecule has 1 aromatic heterocycles. The van der Waals surface area contributed by atoms with E-state index in [-0.39, 0.29) is 11.7 Å². The molecule has 138 valence electrons. The molecule has 1 aliphatic carbocycles. The first-order chi connectivity index (χ1) is 13.1. The van der Waals surface area contributed by atoms with E-state index in [0.29, 0.717) is 28.3 Å². The number of aromatic carboxylic acids is 1. The van der Waals surface area contributed by atoms with Gasteiger partial charge in [0.15, 0.2) is 11.5 Å². The number of aromatic nitrogens is 1. The molecule has 1 heterocycles. The summed E-state index contributed by atoms with van der Waals surface area (Å²) in [7, 11) is 1.55. The zero-order chi connectivity index (χ0) is 19.2. The first kappa shape index (κ1) is 18.5. The van der Waals surface area contributed by atoms with Crippen LogP contribution >= 0.6 is 0 Å². The molecule has 1 aromatic carbocycles. The molecule has 27 heavy (non-hydrogen) atoms. The molecule has 0 bridgehead atoms. The van der Waals surface area contributed by atoms with Crippen LogP contribution in [0.3, 0.4) is 0 Å². The van der Waals surface area contributed by atoms with Crippen LogP contribution in [0.2, 0.25) is 0 Å². The number of carboxylic acids is 1. The van der Waals surface area contributed by atoms with E-state index in [2.05, 4.69) is 11.1 Å². The van der Waals surface area contributed by atoms with Gasteiger partial charge in [-0.2, -0.15) is 5.26 Å². The maximum atomic E-state index is 11.1. The average Bonchev–Trinajstić information content (AvgIpc) is 3.19. The Balaban J connectivity index is 1.94. The van der Waals surface area contributed by atoms with Crippen molar-refractivity contribution >= 4 is 17.6 Å². The fraction of sp³-hybridized carbons (Fsp3) is 0.286. The van der Waals surface area contributed by atoms with E-state index in [1.807, 2.05) is 0 Å². The van der Waals surface area contributed by atoms with Crippen LogP contribution < -0.4 is 9.47 Å². The standard InChI is InChI=1S/C21H20N2O4/c1-26-20-13-23-18(11-19(20)27-17-7-2-3-8-17)16(12-22)10-14-5-4-6-15(9-14)21(24)25/h4-6,9-11,13,17H,2-3,7-8H2,1H3,(H,24,25). The Kier molecular flexibility index (Phi) is 5.72. The molecule has 1 aliphatic rings. The van der Waals surface area contributed by atoms with Crippen molar-refractivity contribution < 1.29 is 19.4 Å². The van der Waals surface area contributed by atoms with Gasteiger partial charge in [-0.25, -0.2) is 4.79 Å². The summed E-state index contributed by atoms with van der Waals surface area (Å²) >= 11 is 0. The van der Waals surface area contributed by atoms with E-state index in [0.717, 1.165) is 25.7 Å². The Morgan fingerprint density at radius 3 is 2.74 bits per heavy atom. The van der Waals surface area contributed by atoms with Crippen molar-refractivity contribution in [1.82, 2.24) is 4.98 Å². The van der Waals surface area contributed by atoms with Crippen molar-refractivity contribution in [1.29, 1.82) is 5.26 Å². The van der Waals surface area contributed by atoms with Gasteiger partial charge in [-0.05, 0) is 49.5 Å². The summed E-state index contributed by atoms with van der Waals surface area (Å²) in [5.74, 6) is 0.0734. The lowest BCUT2D eigenvalue weighted by molar-refractivity contribution is 0.0697. The summed E-state index contributed by atoms with van der Waals surface area (Å²) in [5, 5.41) is 18.7. The molecule has 2 aromatic rings. The monoisotopic (exact) mass is 364 g/mol. The highest BCUT2D eigenvalue weighted by Crippen LogP contribution is 2.33. The smallest absolute Gasteiger partial charge is 0.335 e. The predicted octanol–water partition coefficient (Wildman–Crippen LogP) is 4.17. The number of allylic oxidation sites excluding steroid dienone is 1. The normalized spacial score (nSPS) is 14.6. The van der Waals surface area contributed by atoms with Crippen molar-refractivity contribution in [3.05, 3.63) is 53.3 Å². The molecule has 0 saturated heterocycles. The second kappa shape index (κ2) is 8.37. The molecule has 0 spiro atoms. The highest BCUT2D eigenvalue weighted by molar-refractivity contribution is 5.92. The Morgan fingerprint density at radius 2 is 2.07 bits per heavy atom. The second-order valence-corrected chi connectivity index (χ2v) is 6.35. The highest BCUT2D eigenvalue weighted by atomic mass is 16.5. The molecule has 0 unspecified atom stereocenters. The molecular weight excluding hydrogens is 344 g/mol. The minimum absolute atomic E-state index is 0.149. The van der Waals surface area contributed by atoms with Crippen LogP contribution in [0.4, 0.5) is 0 Å². The molecule has 1 saturated carbocycles. The summed E-state index contributed by atoms with van der Waals surface area (Å²) in [6.45, 7) is 0. The zero-order valence-corrected chi connectivity index (χ0v) is 15.0. The van der Waals surface area contributed by atoms with Crippen molar-refractivity contribution in [2.45, 2.75) is 31.8 Å². The topological polar surface area (TPSA) is 92.4 Å². The van der Waals surface area contributed by atoms with Gasteiger partial charge in [0.25, 0.3) is 0 Å². The van der Waals surface area contributed by atoms with Crippen LogP contribution in [0.1, 0.15) is 47.3 Å². The van der Waals surface area contributed by atoms with E-state index >= 15 is 0 Å². The predicted molar refractivity (Wildman–Crippen MR) is 101 cm³/mol. The van der Waals surface area contributed by atoms with Gasteiger partial charge in [-0.3, -0.25) is 4.98 Å². The van der Waals surface area contributed by atoms with Crippen LogP contribution in [0.5, 0.6) is 11.5 Å². The quantitative estimate of drug-likeness (QED) is 0.773. The number of carbonyl (C=O) groups is 1. The van der Waals surface area contributed by atoms with E-state index in [1.165, 1.54) is 12.1 Å². The lowest BCUT2D eigenvalue weighted by atomic mass is 10.1. The number of hydrogen-bond donors (Lipinski definition) is 1. The van der Waals surface area contributed by atoms with Gasteiger partial charge in [0, 0.05) is 6.07 Å². The number of nitriles is 1. The van der Waals surface area contributed by atoms with Crippen LogP contribution in [0.15, 0.2) is 36.5 Å². The lowest BCUT2D eigenvalue weighted by Gasteiger charge is -2.16. The average molecular weight is 364 g/mol. The van der Waals surface area contributed by atoms with Crippen molar-refractivity contribution in [3.8, 4) is 17.6 Å². The summed E-state index contributed by atoms with van der Waals surface area (Å²) < 4.78 is 11.4. The van der Waals surface area contributed by atoms with E-state index in [4.69, 9.17) is 14.6 Å². The van der Waals surface area contributed by atoms with Crippen LogP contribution in [0, 0.1) is 11.3 Å². The molecule has 6 nitrogen and oxygen atoms in total. The third-order valence-electron chi connectivity index (χ3n) is 4.49. The first-order valence-corrected chi connectivity index (χ1v) is 8.77. The van der Waals surface area contributed by atoms with Crippen molar-refractivity contribution in [3.63, 3.8) is 0 Å². The third kappa shape index (κ3) is 4.45. The number of hydrogen-bond acceptors (Lipinski definition) is 5. The fourth-order valence-electron chi connectivity index (χ4n) is 3.09. The van der Waals surface area contributed by atoms with E-state index in [1.54, 1.807) is 37.6 Å². The molecule has 0 aliphatic heterocycles. The Morgan fingerprint density at radius 1 is 1.30 bits per heavy atom. The Labute approximate surface area is 157 Å². The molecule has 1 N–H and O–H groups in total. The minimum Gasteiger partial charge on any atom is -0.491 e. The summed E-state index contributed by atoms with van der Waals surface area (Å²) in [6, 6.07) is 10.2. The van der Waals surface area contributed by atoms with Gasteiger partial charge in [-0.1, -0.05) is 12.1 Å². The van der Waals surface area contributed by atoms with Gasteiger partial charge >= 0.3 is 5.97 Å². The summed E-state index contributed by atoms with van der Waals surface area (Å²) in [6.07, 6.45) is 7.60. The number of methoxy groups -OCH3 is 1. The minimum atomic E-state index is -1.02. The number of carboxylic acid groups (broad SMARTS) is 1. The molecule has 0 amide bonds. The van der Waals surface area contributed by atoms with Gasteiger partial charge in [0.2, 0.25) is 0 Å². The lowest BCUT2D eigenvalue weighted by Crippen LogP contribution is -2.12. The van der Waals surface area contributed by atoms with Gasteiger partial charge < -0.3 is 14.6 Å². The first-order valence-electron chi connectivity index (χ1n) is 8.77. The number of pyridine rings is 1. The van der Waals surface area contributed by atoms with Gasteiger partial charge in [0.1, 0.15) is 6.07 Å². The summed E-state index contributed by atoms with van der Waals surface area (Å²) in [4.78, 5) is 15.4. The van der Waals surface area contributed by atoms with Crippen LogP contribution in [0.25, 0.3) is 11.6 Å². The number of nitrogens with zero attached hydrogens (tertiary/aromatic N) is 2. The second-order valence-electron chi connectivity index (χ2n) is 6.35. The molecule has 0 atom stereocenters. The maximum absolute atomic E-state index is 11.1. The fourth-order valence-corrected chi connectivity index (χ4v) is 3.09. The molecule has 3 rings (SSSR count). The third-order valence-corrected chi connectivity index (χ3v) is 4.49. The zero-order valence-electron chi connectivity index (χ0n) is 15.0. The molecule has 1 fully saturated rings. The number of ether oxygens (including phenoxy) is 2. The molecular formula is C21H20N2O4. The largest absolute Gasteiger partial charge is 0.491 e.